The third kappa shape index (κ3) is 7.17. The molecule has 1 N–H and O–H groups in total. The first-order valence-electron chi connectivity index (χ1n) is 10.3. The average molecular weight is 475 g/mol. The van der Waals surface area contributed by atoms with Crippen molar-refractivity contribution in [3.63, 3.8) is 0 Å². The van der Waals surface area contributed by atoms with Gasteiger partial charge in [-0.25, -0.2) is 0 Å². The maximum atomic E-state index is 13.0. The molecule has 5 nitrogen and oxygen atoms in total. The highest BCUT2D eigenvalue weighted by Crippen LogP contribution is 2.26. The predicted molar refractivity (Wildman–Crippen MR) is 123 cm³/mol. The zero-order valence-electron chi connectivity index (χ0n) is 18.2. The molecule has 0 radical (unpaired) electrons. The minimum Gasteiger partial charge on any atom is -0.483 e. The summed E-state index contributed by atoms with van der Waals surface area (Å²) in [6, 6.07) is 14.9. The van der Waals surface area contributed by atoms with E-state index >= 15 is 0 Å². The first-order chi connectivity index (χ1) is 14.3. The van der Waals surface area contributed by atoms with Gasteiger partial charge in [-0.2, -0.15) is 0 Å². The third-order valence-corrected chi connectivity index (χ3v) is 5.42. The molecule has 0 aliphatic carbocycles. The fourth-order valence-corrected chi connectivity index (χ4v) is 3.46. The summed E-state index contributed by atoms with van der Waals surface area (Å²) in [7, 11) is 0. The van der Waals surface area contributed by atoms with Gasteiger partial charge in [0, 0.05) is 13.1 Å². The molecule has 30 heavy (non-hydrogen) atoms. The van der Waals surface area contributed by atoms with Crippen molar-refractivity contribution in [1.82, 2.24) is 10.2 Å². The second kappa shape index (κ2) is 11.7. The highest BCUT2D eigenvalue weighted by molar-refractivity contribution is 9.10. The monoisotopic (exact) mass is 474 g/mol. The van der Waals surface area contributed by atoms with Crippen molar-refractivity contribution < 1.29 is 14.3 Å². The number of carbonyl (C=O) groups excluding carboxylic acids is 2. The maximum absolute atomic E-state index is 13.0. The van der Waals surface area contributed by atoms with Gasteiger partial charge in [0.2, 0.25) is 5.91 Å². The van der Waals surface area contributed by atoms with Crippen LogP contribution in [0.2, 0.25) is 0 Å². The van der Waals surface area contributed by atoms with Crippen LogP contribution in [0.3, 0.4) is 0 Å². The highest BCUT2D eigenvalue weighted by atomic mass is 79.9. The molecule has 0 aliphatic rings. The van der Waals surface area contributed by atoms with Crippen LogP contribution in [0.4, 0.5) is 0 Å². The number of nitrogens with one attached hydrogen (secondary N) is 1. The van der Waals surface area contributed by atoms with Gasteiger partial charge in [-0.3, -0.25) is 9.59 Å². The molecule has 2 rings (SSSR count). The minimum atomic E-state index is -0.606. The topological polar surface area (TPSA) is 58.6 Å². The fraction of sp³-hybridized carbons (Fsp3) is 0.417. The van der Waals surface area contributed by atoms with E-state index in [1.165, 1.54) is 5.56 Å². The molecular formula is C24H31BrN2O3. The van der Waals surface area contributed by atoms with Crippen molar-refractivity contribution in [2.75, 3.05) is 13.2 Å². The lowest BCUT2D eigenvalue weighted by Crippen LogP contribution is -2.49. The molecule has 0 heterocycles. The van der Waals surface area contributed by atoms with Gasteiger partial charge >= 0.3 is 0 Å². The van der Waals surface area contributed by atoms with Crippen molar-refractivity contribution in [2.24, 2.45) is 5.92 Å². The van der Waals surface area contributed by atoms with Gasteiger partial charge in [0.05, 0.1) is 4.47 Å². The van der Waals surface area contributed by atoms with E-state index in [0.717, 1.165) is 16.5 Å². The normalized spacial score (nSPS) is 11.8. The summed E-state index contributed by atoms with van der Waals surface area (Å²) >= 11 is 3.50. The predicted octanol–water partition coefficient (Wildman–Crippen LogP) is 4.58. The van der Waals surface area contributed by atoms with Crippen LogP contribution in [0, 0.1) is 5.92 Å². The van der Waals surface area contributed by atoms with Crippen LogP contribution in [0.15, 0.2) is 53.0 Å². The molecule has 2 aromatic carbocycles. The number of hydrogen-bond acceptors (Lipinski definition) is 3. The van der Waals surface area contributed by atoms with Crippen LogP contribution >= 0.6 is 15.9 Å². The number of nitrogens with zero attached hydrogens (tertiary/aromatic N) is 1. The summed E-state index contributed by atoms with van der Waals surface area (Å²) in [5, 5.41) is 2.92. The lowest BCUT2D eigenvalue weighted by atomic mass is 10.1. The number of benzene rings is 2. The molecule has 0 aliphatic heterocycles. The summed E-state index contributed by atoms with van der Waals surface area (Å²) in [6.45, 7) is 8.68. The van der Waals surface area contributed by atoms with Crippen molar-refractivity contribution in [2.45, 2.75) is 46.7 Å². The van der Waals surface area contributed by atoms with Crippen LogP contribution in [0.5, 0.6) is 5.75 Å². The summed E-state index contributed by atoms with van der Waals surface area (Å²) < 4.78 is 6.59. The minimum absolute atomic E-state index is 0.140. The van der Waals surface area contributed by atoms with Gasteiger partial charge in [0.25, 0.3) is 5.91 Å². The second-order valence-corrected chi connectivity index (χ2v) is 8.58. The quantitative estimate of drug-likeness (QED) is 0.548. The molecule has 6 heteroatoms. The number of ether oxygens (including phenoxy) is 1. The van der Waals surface area contributed by atoms with Gasteiger partial charge < -0.3 is 15.0 Å². The van der Waals surface area contributed by atoms with Crippen LogP contribution < -0.4 is 10.1 Å². The first kappa shape index (κ1) is 23.9. The Morgan fingerprint density at radius 3 is 2.37 bits per heavy atom. The molecule has 1 atom stereocenters. The maximum Gasteiger partial charge on any atom is 0.261 e. The largest absolute Gasteiger partial charge is 0.483 e. The molecule has 0 aromatic heterocycles. The van der Waals surface area contributed by atoms with Crippen LogP contribution in [0.25, 0.3) is 0 Å². The van der Waals surface area contributed by atoms with E-state index < -0.39 is 6.04 Å². The Labute approximate surface area is 187 Å². The summed E-state index contributed by atoms with van der Waals surface area (Å²) in [6.07, 6.45) is 0.922. The first-order valence-corrected chi connectivity index (χ1v) is 11.1. The van der Waals surface area contributed by atoms with Crippen molar-refractivity contribution in [1.29, 1.82) is 0 Å². The Bertz CT molecular complexity index is 840. The standard InChI is InChI=1S/C24H31BrN2O3/c1-5-19-11-12-22(21(25)13-19)30-16-23(28)27(15-20-9-7-6-8-10-20)18(4)24(29)26-14-17(2)3/h6-13,17-18H,5,14-16H2,1-4H3,(H,26,29). The van der Waals surface area contributed by atoms with E-state index in [1.807, 2.05) is 62.4 Å². The van der Waals surface area contributed by atoms with Crippen LogP contribution in [0.1, 0.15) is 38.8 Å². The highest BCUT2D eigenvalue weighted by Gasteiger charge is 2.26. The SMILES string of the molecule is CCc1ccc(OCC(=O)N(Cc2ccccc2)C(C)C(=O)NCC(C)C)c(Br)c1. The Hall–Kier alpha value is -2.34. The average Bonchev–Trinajstić information content (AvgIpc) is 2.74. The molecule has 162 valence electrons. The van der Waals surface area contributed by atoms with Crippen molar-refractivity contribution >= 4 is 27.7 Å². The number of aryl methyl sites for hydroxylation is 1. The Kier molecular flexibility index (Phi) is 9.37. The number of rotatable bonds is 10. The van der Waals surface area contributed by atoms with Gasteiger partial charge in [0.1, 0.15) is 11.8 Å². The number of carbonyl (C=O) groups is 2. The fourth-order valence-electron chi connectivity index (χ4n) is 2.92. The lowest BCUT2D eigenvalue weighted by Gasteiger charge is -2.29. The van der Waals surface area contributed by atoms with E-state index in [1.54, 1.807) is 11.8 Å². The summed E-state index contributed by atoms with van der Waals surface area (Å²) in [4.78, 5) is 27.2. The smallest absolute Gasteiger partial charge is 0.261 e. The molecule has 0 bridgehead atoms. The molecule has 0 fully saturated rings. The summed E-state index contributed by atoms with van der Waals surface area (Å²) in [5.74, 6) is 0.544. The van der Waals surface area contributed by atoms with E-state index in [9.17, 15) is 9.59 Å². The molecule has 1 unspecified atom stereocenters. The van der Waals surface area contributed by atoms with Crippen LogP contribution in [-0.4, -0.2) is 35.9 Å². The van der Waals surface area contributed by atoms with Crippen LogP contribution in [-0.2, 0) is 22.6 Å². The van der Waals surface area contributed by atoms with E-state index in [2.05, 4.69) is 28.2 Å². The lowest BCUT2D eigenvalue weighted by molar-refractivity contribution is -0.142. The molecular weight excluding hydrogens is 444 g/mol. The summed E-state index contributed by atoms with van der Waals surface area (Å²) in [5.41, 5.74) is 2.14. The van der Waals surface area contributed by atoms with Gasteiger partial charge in [0.15, 0.2) is 6.61 Å². The number of hydrogen-bond donors (Lipinski definition) is 1. The van der Waals surface area contributed by atoms with E-state index in [4.69, 9.17) is 4.74 Å². The van der Waals surface area contributed by atoms with E-state index in [-0.39, 0.29) is 18.4 Å². The van der Waals surface area contributed by atoms with Gasteiger partial charge in [-0.15, -0.1) is 0 Å². The molecule has 2 aromatic rings. The number of halogens is 1. The number of amides is 2. The molecule has 0 saturated carbocycles. The Morgan fingerprint density at radius 1 is 1.07 bits per heavy atom. The van der Waals surface area contributed by atoms with Gasteiger partial charge in [-0.05, 0) is 58.5 Å². The van der Waals surface area contributed by atoms with Crippen molar-refractivity contribution in [3.05, 3.63) is 64.1 Å². The van der Waals surface area contributed by atoms with Gasteiger partial charge in [-0.1, -0.05) is 57.2 Å². The Morgan fingerprint density at radius 2 is 1.77 bits per heavy atom. The third-order valence-electron chi connectivity index (χ3n) is 4.80. The zero-order valence-corrected chi connectivity index (χ0v) is 19.7. The van der Waals surface area contributed by atoms with E-state index in [0.29, 0.717) is 24.8 Å². The molecule has 0 saturated heterocycles. The molecule has 2 amide bonds. The molecule has 0 spiro atoms. The zero-order chi connectivity index (χ0) is 22.1. The Balaban J connectivity index is 2.12. The van der Waals surface area contributed by atoms with Crippen molar-refractivity contribution in [3.8, 4) is 5.75 Å². The second-order valence-electron chi connectivity index (χ2n) is 7.73.